The molecule has 0 aliphatic heterocycles. The molecule has 0 aliphatic carbocycles. The van der Waals surface area contributed by atoms with Crippen LogP contribution in [0.5, 0.6) is 0 Å². The highest BCUT2D eigenvalue weighted by molar-refractivity contribution is 6.29. The third kappa shape index (κ3) is 3.74. The van der Waals surface area contributed by atoms with Gasteiger partial charge < -0.3 is 16.4 Å². The molecule has 0 unspecified atom stereocenters. The Morgan fingerprint density at radius 1 is 1.25 bits per heavy atom. The van der Waals surface area contributed by atoms with E-state index in [1.165, 1.54) is 4.90 Å². The van der Waals surface area contributed by atoms with Gasteiger partial charge in [0.25, 0.3) is 0 Å². The first kappa shape index (κ1) is 12.3. The van der Waals surface area contributed by atoms with Gasteiger partial charge in [0.05, 0.1) is 13.1 Å². The van der Waals surface area contributed by atoms with E-state index in [0.29, 0.717) is 5.82 Å². The number of hydrogen-bond acceptors (Lipinski definition) is 4. The van der Waals surface area contributed by atoms with Gasteiger partial charge in [-0.15, -0.1) is 0 Å². The summed E-state index contributed by atoms with van der Waals surface area (Å²) in [6.07, 6.45) is 0. The molecule has 1 aromatic heterocycles. The van der Waals surface area contributed by atoms with E-state index < -0.39 is 11.8 Å². The molecule has 0 saturated carbocycles. The minimum atomic E-state index is -0.581. The van der Waals surface area contributed by atoms with Crippen LogP contribution >= 0.6 is 11.6 Å². The van der Waals surface area contributed by atoms with Crippen LogP contribution in [-0.2, 0) is 9.59 Å². The summed E-state index contributed by atoms with van der Waals surface area (Å²) in [6.45, 7) is -0.285. The maximum atomic E-state index is 10.8. The third-order valence-corrected chi connectivity index (χ3v) is 1.93. The molecule has 1 rings (SSSR count). The topological polar surface area (TPSA) is 102 Å². The number of hydrogen-bond donors (Lipinski definition) is 2. The number of halogens is 1. The number of nitrogens with zero attached hydrogens (tertiary/aromatic N) is 2. The van der Waals surface area contributed by atoms with Crippen molar-refractivity contribution >= 4 is 29.2 Å². The highest BCUT2D eigenvalue weighted by atomic mass is 35.5. The second-order valence-electron chi connectivity index (χ2n) is 3.11. The van der Waals surface area contributed by atoms with Gasteiger partial charge in [0, 0.05) is 0 Å². The molecule has 0 saturated heterocycles. The van der Waals surface area contributed by atoms with Gasteiger partial charge in [0.15, 0.2) is 0 Å². The van der Waals surface area contributed by atoms with Gasteiger partial charge in [-0.2, -0.15) is 0 Å². The van der Waals surface area contributed by atoms with E-state index in [0.717, 1.165) is 0 Å². The Morgan fingerprint density at radius 3 is 2.25 bits per heavy atom. The molecule has 0 atom stereocenters. The number of amides is 2. The molecular formula is C9H11ClN4O2. The molecule has 16 heavy (non-hydrogen) atoms. The SMILES string of the molecule is NC(=O)CN(CC(N)=O)c1cccc(Cl)n1. The van der Waals surface area contributed by atoms with Crippen molar-refractivity contribution in [1.29, 1.82) is 0 Å². The highest BCUT2D eigenvalue weighted by Crippen LogP contribution is 2.13. The second kappa shape index (κ2) is 5.32. The Balaban J connectivity index is 2.90. The van der Waals surface area contributed by atoms with E-state index in [9.17, 15) is 9.59 Å². The van der Waals surface area contributed by atoms with E-state index in [1.807, 2.05) is 0 Å². The quantitative estimate of drug-likeness (QED) is 0.680. The lowest BCUT2D eigenvalue weighted by atomic mass is 10.4. The third-order valence-electron chi connectivity index (χ3n) is 1.72. The normalized spacial score (nSPS) is 9.81. The van der Waals surface area contributed by atoms with Gasteiger partial charge in [0.1, 0.15) is 11.0 Å². The molecule has 0 fully saturated rings. The summed E-state index contributed by atoms with van der Waals surface area (Å²) < 4.78 is 0. The Kier molecular flexibility index (Phi) is 4.07. The van der Waals surface area contributed by atoms with E-state index in [-0.39, 0.29) is 18.2 Å². The van der Waals surface area contributed by atoms with E-state index in [4.69, 9.17) is 23.1 Å². The van der Waals surface area contributed by atoms with Crippen LogP contribution in [0.3, 0.4) is 0 Å². The summed E-state index contributed by atoms with van der Waals surface area (Å²) in [5, 5.41) is 0.261. The monoisotopic (exact) mass is 242 g/mol. The lowest BCUT2D eigenvalue weighted by molar-refractivity contribution is -0.117. The van der Waals surface area contributed by atoms with Gasteiger partial charge in [-0.1, -0.05) is 17.7 Å². The zero-order chi connectivity index (χ0) is 12.1. The van der Waals surface area contributed by atoms with Gasteiger partial charge in [-0.25, -0.2) is 4.98 Å². The minimum Gasteiger partial charge on any atom is -0.368 e. The molecule has 2 amide bonds. The fourth-order valence-corrected chi connectivity index (χ4v) is 1.33. The molecule has 1 heterocycles. The summed E-state index contributed by atoms with van der Waals surface area (Å²) in [7, 11) is 0. The number of nitrogens with two attached hydrogens (primary N) is 2. The molecule has 4 N–H and O–H groups in total. The summed E-state index contributed by atoms with van der Waals surface area (Å²) >= 11 is 5.69. The molecule has 0 aliphatic rings. The molecule has 6 nitrogen and oxygen atoms in total. The largest absolute Gasteiger partial charge is 0.368 e. The Hall–Kier alpha value is -1.82. The predicted molar refractivity (Wildman–Crippen MR) is 59.8 cm³/mol. The molecule has 86 valence electrons. The zero-order valence-electron chi connectivity index (χ0n) is 8.39. The first-order chi connectivity index (χ1) is 7.49. The molecular weight excluding hydrogens is 232 g/mol. The average molecular weight is 243 g/mol. The minimum absolute atomic E-state index is 0.143. The lowest BCUT2D eigenvalue weighted by Gasteiger charge is -2.20. The first-order valence-electron chi connectivity index (χ1n) is 4.43. The number of pyridine rings is 1. The van der Waals surface area contributed by atoms with E-state index >= 15 is 0 Å². The van der Waals surface area contributed by atoms with Crippen molar-refractivity contribution in [2.24, 2.45) is 11.5 Å². The van der Waals surface area contributed by atoms with Crippen LogP contribution in [0.15, 0.2) is 18.2 Å². The van der Waals surface area contributed by atoms with Gasteiger partial charge in [-0.3, -0.25) is 9.59 Å². The summed E-state index contributed by atoms with van der Waals surface area (Å²) in [5.41, 5.74) is 10.1. The molecule has 0 aromatic carbocycles. The van der Waals surface area contributed by atoms with Crippen molar-refractivity contribution in [2.45, 2.75) is 0 Å². The molecule has 7 heteroatoms. The number of rotatable bonds is 5. The smallest absolute Gasteiger partial charge is 0.237 e. The van der Waals surface area contributed by atoms with Crippen LogP contribution in [0, 0.1) is 0 Å². The summed E-state index contributed by atoms with van der Waals surface area (Å²) in [6, 6.07) is 4.84. The van der Waals surface area contributed by atoms with Crippen LogP contribution in [0.25, 0.3) is 0 Å². The average Bonchev–Trinajstić information content (AvgIpc) is 2.15. The maximum absolute atomic E-state index is 10.8. The van der Waals surface area contributed by atoms with Crippen LogP contribution in [-0.4, -0.2) is 29.9 Å². The fourth-order valence-electron chi connectivity index (χ4n) is 1.17. The molecule has 0 bridgehead atoms. The standard InChI is InChI=1S/C9H11ClN4O2/c10-6-2-1-3-9(13-6)14(4-7(11)15)5-8(12)16/h1-3H,4-5H2,(H2,11,15)(H2,12,16). The van der Waals surface area contributed by atoms with Gasteiger partial charge in [-0.05, 0) is 12.1 Å². The number of anilines is 1. The fraction of sp³-hybridized carbons (Fsp3) is 0.222. The molecule has 0 spiro atoms. The number of carbonyl (C=O) groups excluding carboxylic acids is 2. The molecule has 0 radical (unpaired) electrons. The van der Waals surface area contributed by atoms with Crippen molar-refractivity contribution in [1.82, 2.24) is 4.98 Å². The first-order valence-corrected chi connectivity index (χ1v) is 4.81. The van der Waals surface area contributed by atoms with Gasteiger partial charge >= 0.3 is 0 Å². The zero-order valence-corrected chi connectivity index (χ0v) is 9.15. The van der Waals surface area contributed by atoms with Crippen LogP contribution in [0.4, 0.5) is 5.82 Å². The molecule has 1 aromatic rings. The van der Waals surface area contributed by atoms with Crippen molar-refractivity contribution in [3.8, 4) is 0 Å². The number of primary amides is 2. The maximum Gasteiger partial charge on any atom is 0.237 e. The van der Waals surface area contributed by atoms with Crippen molar-refractivity contribution < 1.29 is 9.59 Å². The second-order valence-corrected chi connectivity index (χ2v) is 3.49. The van der Waals surface area contributed by atoms with Crippen LogP contribution < -0.4 is 16.4 Å². The van der Waals surface area contributed by atoms with Crippen LogP contribution in [0.1, 0.15) is 0 Å². The summed E-state index contributed by atoms with van der Waals surface area (Å²) in [4.78, 5) is 26.9. The number of aromatic nitrogens is 1. The van der Waals surface area contributed by atoms with Gasteiger partial charge in [0.2, 0.25) is 11.8 Å². The number of carbonyl (C=O) groups is 2. The Bertz CT molecular complexity index is 394. The van der Waals surface area contributed by atoms with Crippen LogP contribution in [0.2, 0.25) is 5.15 Å². The lowest BCUT2D eigenvalue weighted by Crippen LogP contribution is -2.40. The Labute approximate surface area is 97.2 Å². The van der Waals surface area contributed by atoms with E-state index in [2.05, 4.69) is 4.98 Å². The summed E-state index contributed by atoms with van der Waals surface area (Å²) in [5.74, 6) is -0.781. The van der Waals surface area contributed by atoms with Crippen molar-refractivity contribution in [3.05, 3.63) is 23.4 Å². The predicted octanol–water partition coefficient (Wildman–Crippen LogP) is -0.488. The van der Waals surface area contributed by atoms with Crippen molar-refractivity contribution in [2.75, 3.05) is 18.0 Å². The Morgan fingerprint density at radius 2 is 1.81 bits per heavy atom. The van der Waals surface area contributed by atoms with E-state index in [1.54, 1.807) is 18.2 Å². The van der Waals surface area contributed by atoms with Crippen molar-refractivity contribution in [3.63, 3.8) is 0 Å². The highest BCUT2D eigenvalue weighted by Gasteiger charge is 2.13.